The lowest BCUT2D eigenvalue weighted by Crippen LogP contribution is -1.94. The molecule has 0 saturated carbocycles. The lowest BCUT2D eigenvalue weighted by molar-refractivity contribution is 0.353. The highest BCUT2D eigenvalue weighted by Crippen LogP contribution is 2.34. The van der Waals surface area contributed by atoms with Gasteiger partial charge in [-0.1, -0.05) is 18.2 Å². The third-order valence-corrected chi connectivity index (χ3v) is 3.85. The molecule has 2 rings (SSSR count). The summed E-state index contributed by atoms with van der Waals surface area (Å²) in [6.07, 6.45) is 1.63. The van der Waals surface area contributed by atoms with Crippen LogP contribution in [0.4, 0.5) is 4.39 Å². The Morgan fingerprint density at radius 1 is 1.23 bits per heavy atom. The van der Waals surface area contributed by atoms with Gasteiger partial charge in [0, 0.05) is 5.56 Å². The number of nitrogens with zero attached hydrogens (tertiary/aromatic N) is 1. The molecule has 0 fully saturated rings. The van der Waals surface area contributed by atoms with Crippen molar-refractivity contribution in [2.24, 2.45) is 0 Å². The van der Waals surface area contributed by atoms with E-state index in [-0.39, 0.29) is 11.1 Å². The predicted octanol–water partition coefficient (Wildman–Crippen LogP) is 4.51. The molecule has 0 aliphatic rings. The van der Waals surface area contributed by atoms with E-state index >= 15 is 0 Å². The van der Waals surface area contributed by atoms with Crippen molar-refractivity contribution in [1.29, 1.82) is 5.26 Å². The van der Waals surface area contributed by atoms with E-state index in [1.54, 1.807) is 44.6 Å². The molecule has 0 amide bonds. The quantitative estimate of drug-likeness (QED) is 0.424. The second-order valence-corrected chi connectivity index (χ2v) is 5.55. The average Bonchev–Trinajstić information content (AvgIpc) is 2.52. The smallest absolute Gasteiger partial charge is 0.174 e. The van der Waals surface area contributed by atoms with Gasteiger partial charge in [-0.15, -0.1) is 0 Å². The van der Waals surface area contributed by atoms with Gasteiger partial charge < -0.3 is 9.47 Å². The van der Waals surface area contributed by atoms with Gasteiger partial charge in [0.25, 0.3) is 0 Å². The standard InChI is InChI=1S/C17H13FINO2/c1-21-16-9-11(8-15(19)17(16)22-2)7-12(10-20)13-5-3-4-6-14(13)18/h3-9H,1-2H3/b12-7+. The van der Waals surface area contributed by atoms with E-state index in [0.29, 0.717) is 11.5 Å². The van der Waals surface area contributed by atoms with Gasteiger partial charge in [0.15, 0.2) is 11.5 Å². The first kappa shape index (κ1) is 16.3. The molecule has 0 atom stereocenters. The number of allylic oxidation sites excluding steroid dienone is 1. The maximum atomic E-state index is 13.8. The molecule has 0 aliphatic carbocycles. The van der Waals surface area contributed by atoms with Crippen molar-refractivity contribution in [2.75, 3.05) is 14.2 Å². The van der Waals surface area contributed by atoms with Crippen LogP contribution >= 0.6 is 22.6 Å². The number of nitriles is 1. The normalized spacial score (nSPS) is 11.0. The summed E-state index contributed by atoms with van der Waals surface area (Å²) in [5, 5.41) is 9.32. The Balaban J connectivity index is 2.54. The molecule has 0 aromatic heterocycles. The topological polar surface area (TPSA) is 42.2 Å². The highest BCUT2D eigenvalue weighted by Gasteiger charge is 2.11. The highest BCUT2D eigenvalue weighted by atomic mass is 127. The molecule has 3 nitrogen and oxygen atoms in total. The maximum Gasteiger partial charge on any atom is 0.174 e. The van der Waals surface area contributed by atoms with Gasteiger partial charge in [-0.25, -0.2) is 4.39 Å². The van der Waals surface area contributed by atoms with E-state index in [1.807, 2.05) is 12.1 Å². The molecule has 5 heteroatoms. The molecule has 0 bridgehead atoms. The first-order chi connectivity index (χ1) is 10.6. The van der Waals surface area contributed by atoms with Gasteiger partial charge >= 0.3 is 0 Å². The Kier molecular flexibility index (Phi) is 5.39. The summed E-state index contributed by atoms with van der Waals surface area (Å²) in [5.74, 6) is 0.765. The van der Waals surface area contributed by atoms with E-state index < -0.39 is 5.82 Å². The molecule has 0 radical (unpaired) electrons. The summed E-state index contributed by atoms with van der Waals surface area (Å²) < 4.78 is 25.2. The Morgan fingerprint density at radius 2 is 1.95 bits per heavy atom. The van der Waals surface area contributed by atoms with Crippen LogP contribution < -0.4 is 9.47 Å². The Hall–Kier alpha value is -2.07. The minimum atomic E-state index is -0.425. The second kappa shape index (κ2) is 7.27. The van der Waals surface area contributed by atoms with Crippen LogP contribution in [0, 0.1) is 20.7 Å². The van der Waals surface area contributed by atoms with Gasteiger partial charge in [-0.05, 0) is 52.4 Å². The Bertz CT molecular complexity index is 766. The lowest BCUT2D eigenvalue weighted by atomic mass is 10.0. The fourth-order valence-corrected chi connectivity index (χ4v) is 2.88. The van der Waals surface area contributed by atoms with Crippen LogP contribution in [0.5, 0.6) is 11.5 Å². The average molecular weight is 409 g/mol. The van der Waals surface area contributed by atoms with Crippen molar-refractivity contribution >= 4 is 34.2 Å². The first-order valence-electron chi connectivity index (χ1n) is 6.39. The molecule has 22 heavy (non-hydrogen) atoms. The van der Waals surface area contributed by atoms with Crippen LogP contribution in [-0.2, 0) is 0 Å². The molecule has 2 aromatic carbocycles. The molecule has 0 saturated heterocycles. The number of hydrogen-bond acceptors (Lipinski definition) is 3. The molecule has 0 N–H and O–H groups in total. The number of ether oxygens (including phenoxy) is 2. The number of halogens is 2. The lowest BCUT2D eigenvalue weighted by Gasteiger charge is -2.11. The van der Waals surface area contributed by atoms with Gasteiger partial charge in [0.05, 0.1) is 29.4 Å². The van der Waals surface area contributed by atoms with Crippen LogP contribution in [0.3, 0.4) is 0 Å². The molecular weight excluding hydrogens is 396 g/mol. The van der Waals surface area contributed by atoms with Crippen molar-refractivity contribution < 1.29 is 13.9 Å². The number of benzene rings is 2. The maximum absolute atomic E-state index is 13.8. The summed E-state index contributed by atoms with van der Waals surface area (Å²) in [4.78, 5) is 0. The van der Waals surface area contributed by atoms with Crippen LogP contribution in [0.15, 0.2) is 36.4 Å². The second-order valence-electron chi connectivity index (χ2n) is 4.39. The Labute approximate surface area is 142 Å². The monoisotopic (exact) mass is 409 g/mol. The molecule has 0 aliphatic heterocycles. The van der Waals surface area contributed by atoms with Crippen molar-refractivity contribution in [3.05, 3.63) is 56.9 Å². The van der Waals surface area contributed by atoms with E-state index in [1.165, 1.54) is 6.07 Å². The van der Waals surface area contributed by atoms with Gasteiger partial charge in [0.2, 0.25) is 0 Å². The summed E-state index contributed by atoms with van der Waals surface area (Å²) >= 11 is 2.12. The molecule has 0 spiro atoms. The molecule has 0 unspecified atom stereocenters. The largest absolute Gasteiger partial charge is 0.493 e. The van der Waals surface area contributed by atoms with Gasteiger partial charge in [-0.2, -0.15) is 5.26 Å². The summed E-state index contributed by atoms with van der Waals surface area (Å²) in [6, 6.07) is 11.8. The zero-order chi connectivity index (χ0) is 16.1. The van der Waals surface area contributed by atoms with Crippen LogP contribution in [-0.4, -0.2) is 14.2 Å². The zero-order valence-corrected chi connectivity index (χ0v) is 14.2. The fourth-order valence-electron chi connectivity index (χ4n) is 2.04. The van der Waals surface area contributed by atoms with E-state index in [4.69, 9.17) is 9.47 Å². The molecular formula is C17H13FINO2. The summed E-state index contributed by atoms with van der Waals surface area (Å²) in [7, 11) is 3.11. The molecule has 2 aromatic rings. The zero-order valence-electron chi connectivity index (χ0n) is 12.1. The summed E-state index contributed by atoms with van der Waals surface area (Å²) in [6.45, 7) is 0. The number of rotatable bonds is 4. The Morgan fingerprint density at radius 3 is 2.55 bits per heavy atom. The van der Waals surface area contributed by atoms with Crippen LogP contribution in [0.25, 0.3) is 11.6 Å². The van der Waals surface area contributed by atoms with Crippen molar-refractivity contribution in [3.8, 4) is 17.6 Å². The van der Waals surface area contributed by atoms with E-state index in [2.05, 4.69) is 22.6 Å². The van der Waals surface area contributed by atoms with Crippen molar-refractivity contribution in [1.82, 2.24) is 0 Å². The summed E-state index contributed by atoms with van der Waals surface area (Å²) in [5.41, 5.74) is 1.26. The number of methoxy groups -OCH3 is 2. The minimum absolute atomic E-state index is 0.251. The van der Waals surface area contributed by atoms with E-state index in [0.717, 1.165) is 9.13 Å². The predicted molar refractivity (Wildman–Crippen MR) is 92.1 cm³/mol. The van der Waals surface area contributed by atoms with Gasteiger partial charge in [-0.3, -0.25) is 0 Å². The van der Waals surface area contributed by atoms with Crippen LogP contribution in [0.2, 0.25) is 0 Å². The fraction of sp³-hybridized carbons (Fsp3) is 0.118. The number of hydrogen-bond donors (Lipinski definition) is 0. The van der Waals surface area contributed by atoms with E-state index in [9.17, 15) is 9.65 Å². The SMILES string of the molecule is COc1cc(/C=C(\C#N)c2ccccc2F)cc(I)c1OC. The van der Waals surface area contributed by atoms with Crippen molar-refractivity contribution in [2.45, 2.75) is 0 Å². The third kappa shape index (κ3) is 3.39. The van der Waals surface area contributed by atoms with Crippen LogP contribution in [0.1, 0.15) is 11.1 Å². The van der Waals surface area contributed by atoms with Gasteiger partial charge in [0.1, 0.15) is 5.82 Å². The molecule has 0 heterocycles. The molecule has 112 valence electrons. The third-order valence-electron chi connectivity index (χ3n) is 3.05. The van der Waals surface area contributed by atoms with Crippen molar-refractivity contribution in [3.63, 3.8) is 0 Å². The first-order valence-corrected chi connectivity index (χ1v) is 7.46. The minimum Gasteiger partial charge on any atom is -0.493 e. The highest BCUT2D eigenvalue weighted by molar-refractivity contribution is 14.1.